The molecule has 1 N–H and O–H groups in total. The number of benzene rings is 2. The van der Waals surface area contributed by atoms with Crippen LogP contribution in [0.3, 0.4) is 0 Å². The Morgan fingerprint density at radius 2 is 1.92 bits per heavy atom. The number of nitrogens with one attached hydrogen (secondary N) is 1. The molecular formula is C17H13N3O4. The third kappa shape index (κ3) is 2.79. The molecule has 7 nitrogen and oxygen atoms in total. The SMILES string of the molecule is O=C(NCc1ccccc1)c1noc(-c2ccc3c(c2)OCO3)n1. The predicted octanol–water partition coefficient (Wildman–Crippen LogP) is 2.40. The van der Waals surface area contributed by atoms with E-state index in [1.165, 1.54) is 0 Å². The average Bonchev–Trinajstić information content (AvgIpc) is 3.29. The molecule has 120 valence electrons. The number of carbonyl (C=O) groups is 1. The fourth-order valence-corrected chi connectivity index (χ4v) is 2.32. The summed E-state index contributed by atoms with van der Waals surface area (Å²) in [5, 5.41) is 6.48. The van der Waals surface area contributed by atoms with Gasteiger partial charge in [0.15, 0.2) is 11.5 Å². The summed E-state index contributed by atoms with van der Waals surface area (Å²) in [6.45, 7) is 0.587. The fourth-order valence-electron chi connectivity index (χ4n) is 2.32. The van der Waals surface area contributed by atoms with Crippen molar-refractivity contribution in [1.29, 1.82) is 0 Å². The van der Waals surface area contributed by atoms with Gasteiger partial charge in [0.05, 0.1) is 0 Å². The van der Waals surface area contributed by atoms with Gasteiger partial charge in [-0.3, -0.25) is 4.79 Å². The van der Waals surface area contributed by atoms with E-state index < -0.39 is 5.91 Å². The molecule has 7 heteroatoms. The lowest BCUT2D eigenvalue weighted by molar-refractivity contribution is 0.0937. The highest BCUT2D eigenvalue weighted by atomic mass is 16.7. The van der Waals surface area contributed by atoms with E-state index >= 15 is 0 Å². The number of hydrogen-bond donors (Lipinski definition) is 1. The van der Waals surface area contributed by atoms with Gasteiger partial charge in [-0.05, 0) is 23.8 Å². The molecule has 1 aromatic heterocycles. The van der Waals surface area contributed by atoms with Crippen LogP contribution in [-0.2, 0) is 6.54 Å². The first kappa shape index (κ1) is 14.3. The van der Waals surface area contributed by atoms with Crippen molar-refractivity contribution in [3.63, 3.8) is 0 Å². The van der Waals surface area contributed by atoms with Gasteiger partial charge in [0.1, 0.15) is 0 Å². The first-order valence-corrected chi connectivity index (χ1v) is 7.35. The van der Waals surface area contributed by atoms with Crippen molar-refractivity contribution in [2.45, 2.75) is 6.54 Å². The predicted molar refractivity (Wildman–Crippen MR) is 83.5 cm³/mol. The molecule has 3 aromatic rings. The monoisotopic (exact) mass is 323 g/mol. The first-order valence-electron chi connectivity index (χ1n) is 7.35. The minimum absolute atomic E-state index is 0.0152. The summed E-state index contributed by atoms with van der Waals surface area (Å²) in [6.07, 6.45) is 0. The van der Waals surface area contributed by atoms with Gasteiger partial charge in [-0.2, -0.15) is 4.98 Å². The second-order valence-electron chi connectivity index (χ2n) is 5.16. The number of fused-ring (bicyclic) bond motifs is 1. The summed E-state index contributed by atoms with van der Waals surface area (Å²) in [6, 6.07) is 14.9. The van der Waals surface area contributed by atoms with Gasteiger partial charge < -0.3 is 19.3 Å². The van der Waals surface area contributed by atoms with Gasteiger partial charge in [-0.1, -0.05) is 35.5 Å². The second-order valence-corrected chi connectivity index (χ2v) is 5.16. The van der Waals surface area contributed by atoms with Crippen molar-refractivity contribution < 1.29 is 18.8 Å². The molecule has 0 saturated carbocycles. The summed E-state index contributed by atoms with van der Waals surface area (Å²) in [4.78, 5) is 16.2. The summed E-state index contributed by atoms with van der Waals surface area (Å²) in [5.41, 5.74) is 1.65. The maximum atomic E-state index is 12.1. The molecular weight excluding hydrogens is 310 g/mol. The molecule has 0 radical (unpaired) electrons. The van der Waals surface area contributed by atoms with E-state index in [1.54, 1.807) is 18.2 Å². The average molecular weight is 323 g/mol. The molecule has 0 atom stereocenters. The van der Waals surface area contributed by atoms with E-state index in [1.807, 2.05) is 30.3 Å². The van der Waals surface area contributed by atoms with Gasteiger partial charge >= 0.3 is 0 Å². The third-order valence-electron chi connectivity index (χ3n) is 3.54. The number of amides is 1. The van der Waals surface area contributed by atoms with Crippen LogP contribution < -0.4 is 14.8 Å². The Hall–Kier alpha value is -3.35. The Morgan fingerprint density at radius 1 is 1.08 bits per heavy atom. The highest BCUT2D eigenvalue weighted by molar-refractivity contribution is 5.90. The quantitative estimate of drug-likeness (QED) is 0.793. The third-order valence-corrected chi connectivity index (χ3v) is 3.54. The molecule has 4 rings (SSSR count). The van der Waals surface area contributed by atoms with Gasteiger partial charge in [0.25, 0.3) is 17.6 Å². The fraction of sp³-hybridized carbons (Fsp3) is 0.118. The van der Waals surface area contributed by atoms with E-state index in [2.05, 4.69) is 15.5 Å². The smallest absolute Gasteiger partial charge is 0.292 e. The van der Waals surface area contributed by atoms with Gasteiger partial charge in [0, 0.05) is 12.1 Å². The zero-order valence-corrected chi connectivity index (χ0v) is 12.6. The van der Waals surface area contributed by atoms with Crippen molar-refractivity contribution in [2.24, 2.45) is 0 Å². The van der Waals surface area contributed by atoms with Crippen LogP contribution >= 0.6 is 0 Å². The van der Waals surface area contributed by atoms with Gasteiger partial charge in [-0.15, -0.1) is 0 Å². The van der Waals surface area contributed by atoms with Gasteiger partial charge in [-0.25, -0.2) is 0 Å². The van der Waals surface area contributed by atoms with Crippen LogP contribution in [-0.4, -0.2) is 22.8 Å². The zero-order chi connectivity index (χ0) is 16.4. The number of ether oxygens (including phenoxy) is 2. The lowest BCUT2D eigenvalue weighted by Crippen LogP contribution is -2.23. The zero-order valence-electron chi connectivity index (χ0n) is 12.6. The van der Waals surface area contributed by atoms with E-state index in [-0.39, 0.29) is 18.5 Å². The molecule has 0 aliphatic carbocycles. The van der Waals surface area contributed by atoms with E-state index in [4.69, 9.17) is 14.0 Å². The second kappa shape index (κ2) is 6.04. The van der Waals surface area contributed by atoms with E-state index in [9.17, 15) is 4.79 Å². The van der Waals surface area contributed by atoms with E-state index in [0.29, 0.717) is 23.6 Å². The van der Waals surface area contributed by atoms with Crippen molar-refractivity contribution in [3.8, 4) is 23.0 Å². The minimum Gasteiger partial charge on any atom is -0.454 e. The normalized spacial score (nSPS) is 12.2. The first-order chi connectivity index (χ1) is 11.8. The number of nitrogens with zero attached hydrogens (tertiary/aromatic N) is 2. The Kier molecular flexibility index (Phi) is 3.59. The Balaban J connectivity index is 1.47. The van der Waals surface area contributed by atoms with Crippen LogP contribution in [0.15, 0.2) is 53.1 Å². The van der Waals surface area contributed by atoms with Crippen molar-refractivity contribution >= 4 is 5.91 Å². The highest BCUT2D eigenvalue weighted by Gasteiger charge is 2.19. The maximum absolute atomic E-state index is 12.1. The molecule has 0 spiro atoms. The van der Waals surface area contributed by atoms with Crippen molar-refractivity contribution in [1.82, 2.24) is 15.5 Å². The molecule has 2 aromatic carbocycles. The maximum Gasteiger partial charge on any atom is 0.292 e. The van der Waals surface area contributed by atoms with Crippen LogP contribution in [0.2, 0.25) is 0 Å². The van der Waals surface area contributed by atoms with Crippen molar-refractivity contribution in [2.75, 3.05) is 6.79 Å². The Morgan fingerprint density at radius 3 is 2.79 bits per heavy atom. The van der Waals surface area contributed by atoms with E-state index in [0.717, 1.165) is 5.56 Å². The summed E-state index contributed by atoms with van der Waals surface area (Å²) in [5.74, 6) is 1.12. The molecule has 2 heterocycles. The van der Waals surface area contributed by atoms with Crippen molar-refractivity contribution in [3.05, 3.63) is 59.9 Å². The molecule has 0 bridgehead atoms. The van der Waals surface area contributed by atoms with Crippen LogP contribution in [0.5, 0.6) is 11.5 Å². The molecule has 0 fully saturated rings. The highest BCUT2D eigenvalue weighted by Crippen LogP contribution is 2.35. The lowest BCUT2D eigenvalue weighted by Gasteiger charge is -2.01. The summed E-state index contributed by atoms with van der Waals surface area (Å²) < 4.78 is 15.7. The van der Waals surface area contributed by atoms with Crippen LogP contribution in [0, 0.1) is 0 Å². The summed E-state index contributed by atoms with van der Waals surface area (Å²) in [7, 11) is 0. The molecule has 0 unspecified atom stereocenters. The molecule has 0 saturated heterocycles. The Labute approximate surface area is 137 Å². The van der Waals surface area contributed by atoms with Gasteiger partial charge in [0.2, 0.25) is 6.79 Å². The number of carbonyl (C=O) groups excluding carboxylic acids is 1. The number of rotatable bonds is 4. The topological polar surface area (TPSA) is 86.5 Å². The molecule has 1 aliphatic heterocycles. The Bertz CT molecular complexity index is 877. The van der Waals surface area contributed by atoms with Crippen LogP contribution in [0.1, 0.15) is 16.2 Å². The molecule has 1 aliphatic rings. The van der Waals surface area contributed by atoms with Crippen LogP contribution in [0.4, 0.5) is 0 Å². The number of aromatic nitrogens is 2. The minimum atomic E-state index is -0.394. The lowest BCUT2D eigenvalue weighted by atomic mass is 10.2. The largest absolute Gasteiger partial charge is 0.454 e. The molecule has 1 amide bonds. The standard InChI is InChI=1S/C17H13N3O4/c21-16(18-9-11-4-2-1-3-5-11)15-19-17(24-20-15)12-6-7-13-14(8-12)23-10-22-13/h1-8H,9-10H2,(H,18,21). The van der Waals surface area contributed by atoms with Crippen LogP contribution in [0.25, 0.3) is 11.5 Å². The summed E-state index contributed by atoms with van der Waals surface area (Å²) >= 11 is 0. The number of hydrogen-bond acceptors (Lipinski definition) is 6. The molecule has 24 heavy (non-hydrogen) atoms.